The molecule has 2 unspecified atom stereocenters. The number of phosphoric ester groups is 1. The van der Waals surface area contributed by atoms with Crippen molar-refractivity contribution in [2.24, 2.45) is 0 Å². The predicted molar refractivity (Wildman–Crippen MR) is 109 cm³/mol. The number of H-pyrrole nitrogens is 1. The third-order valence-electron chi connectivity index (χ3n) is 5.17. The molecule has 0 bridgehead atoms. The predicted octanol–water partition coefficient (Wildman–Crippen LogP) is -4.79. The molecule has 0 radical (unpaired) electrons. The summed E-state index contributed by atoms with van der Waals surface area (Å²) in [7, 11) is -11.1. The van der Waals surface area contributed by atoms with Crippen molar-refractivity contribution in [3.05, 3.63) is 33.1 Å². The van der Waals surface area contributed by atoms with Crippen LogP contribution >= 0.6 is 15.6 Å². The van der Waals surface area contributed by atoms with E-state index in [2.05, 4.69) is 8.83 Å². The van der Waals surface area contributed by atoms with Gasteiger partial charge in [0.2, 0.25) is 0 Å². The Labute approximate surface area is 199 Å². The van der Waals surface area contributed by atoms with Crippen LogP contribution in [0.4, 0.5) is 0 Å². The van der Waals surface area contributed by atoms with Gasteiger partial charge in [-0.2, -0.15) is 4.31 Å². The molecule has 1 aromatic rings. The summed E-state index contributed by atoms with van der Waals surface area (Å²) in [5.74, 6) is 0. The van der Waals surface area contributed by atoms with Crippen LogP contribution in [-0.4, -0.2) is 112 Å². The Balaban J connectivity index is 1.84. The normalized spacial score (nSPS) is 37.1. The first-order valence-electron chi connectivity index (χ1n) is 9.98. The minimum absolute atomic E-state index is 0.669. The molecule has 2 aliphatic heterocycles. The largest absolute Gasteiger partial charge is 0.481 e. The molecule has 3 rings (SSSR count). The van der Waals surface area contributed by atoms with Crippen LogP contribution in [0.3, 0.4) is 0 Å². The van der Waals surface area contributed by atoms with E-state index >= 15 is 0 Å². The number of nitrogens with zero attached hydrogens (tertiary/aromatic N) is 1. The Morgan fingerprint density at radius 2 is 1.64 bits per heavy atom. The zero-order valence-corrected chi connectivity index (χ0v) is 19.6. The maximum absolute atomic E-state index is 12.1. The van der Waals surface area contributed by atoms with Crippen molar-refractivity contribution >= 4 is 15.6 Å². The van der Waals surface area contributed by atoms with Gasteiger partial charge < -0.3 is 54.4 Å². The van der Waals surface area contributed by atoms with E-state index in [1.165, 1.54) is 0 Å². The number of hydrogen-bond donors (Lipinski definition) is 9. The highest BCUT2D eigenvalue weighted by Gasteiger charge is 2.51. The Morgan fingerprint density at radius 1 is 0.972 bits per heavy atom. The number of ether oxygens (including phenoxy) is 3. The highest BCUT2D eigenvalue weighted by molar-refractivity contribution is 7.60. The summed E-state index contributed by atoms with van der Waals surface area (Å²) in [5.41, 5.74) is -1.87. The number of nitrogens with one attached hydrogen (secondary N) is 1. The van der Waals surface area contributed by atoms with Crippen molar-refractivity contribution in [1.82, 2.24) is 9.55 Å². The average Bonchev–Trinajstić information content (AvgIpc) is 3.04. The standard InChI is InChI=1S/C15H24N2O17P2/c18-3-5-8(20)9(21)10(22)14(32-5)30-4-6-12(33-36(28,29)34-35(25,26)27)11(23)13(31-6)17-2-1-7(19)16-15(17)24/h1-2,5-6,8-14,18,20-23H,3-4H2,(H,28,29)(H,16,19,24)(H2,25,26,27)/t5-,6-,8+,9+,10-,11-,12-,13-,14?/m1/s1. The number of phosphoric acid groups is 2. The van der Waals surface area contributed by atoms with E-state index in [9.17, 15) is 49.1 Å². The third kappa shape index (κ3) is 6.73. The molecular formula is C15H24N2O17P2. The van der Waals surface area contributed by atoms with Crippen LogP contribution in [-0.2, 0) is 32.2 Å². The van der Waals surface area contributed by atoms with Crippen molar-refractivity contribution in [3.63, 3.8) is 0 Å². The molecule has 10 atom stereocenters. The van der Waals surface area contributed by atoms with Gasteiger partial charge in [0.05, 0.1) is 13.2 Å². The maximum atomic E-state index is 12.1. The molecule has 19 nitrogen and oxygen atoms in total. The van der Waals surface area contributed by atoms with Gasteiger partial charge in [0.25, 0.3) is 5.56 Å². The van der Waals surface area contributed by atoms with Gasteiger partial charge in [0.1, 0.15) is 42.7 Å². The summed E-state index contributed by atoms with van der Waals surface area (Å²) in [6, 6.07) is 0.888. The van der Waals surface area contributed by atoms with Crippen molar-refractivity contribution in [2.75, 3.05) is 13.2 Å². The summed E-state index contributed by atoms with van der Waals surface area (Å²) in [6.07, 6.45) is -14.8. The van der Waals surface area contributed by atoms with Crippen molar-refractivity contribution in [3.8, 4) is 0 Å². The van der Waals surface area contributed by atoms with E-state index in [0.29, 0.717) is 4.57 Å². The molecule has 2 aliphatic rings. The van der Waals surface area contributed by atoms with Gasteiger partial charge in [-0.25, -0.2) is 13.9 Å². The van der Waals surface area contributed by atoms with Crippen LogP contribution < -0.4 is 11.2 Å². The lowest BCUT2D eigenvalue weighted by Gasteiger charge is -2.40. The van der Waals surface area contributed by atoms with E-state index in [0.717, 1.165) is 12.3 Å². The van der Waals surface area contributed by atoms with E-state index < -0.39 is 95.4 Å². The van der Waals surface area contributed by atoms with Gasteiger partial charge in [-0.05, 0) is 0 Å². The van der Waals surface area contributed by atoms with Crippen LogP contribution in [0, 0.1) is 0 Å². The van der Waals surface area contributed by atoms with Gasteiger partial charge in [0, 0.05) is 12.3 Å². The number of aliphatic hydroxyl groups is 5. The lowest BCUT2D eigenvalue weighted by Crippen LogP contribution is -2.59. The Bertz CT molecular complexity index is 1120. The molecule has 2 saturated heterocycles. The molecule has 0 aliphatic carbocycles. The molecule has 3 heterocycles. The second-order valence-electron chi connectivity index (χ2n) is 7.71. The van der Waals surface area contributed by atoms with Gasteiger partial charge in [0.15, 0.2) is 12.5 Å². The molecular weight excluding hydrogens is 542 g/mol. The second-order valence-corrected chi connectivity index (χ2v) is 10.5. The minimum Gasteiger partial charge on any atom is -0.394 e. The van der Waals surface area contributed by atoms with Crippen molar-refractivity contribution in [2.45, 2.75) is 55.2 Å². The molecule has 0 spiro atoms. The van der Waals surface area contributed by atoms with Crippen molar-refractivity contribution in [1.29, 1.82) is 0 Å². The summed E-state index contributed by atoms with van der Waals surface area (Å²) in [6.45, 7) is -1.56. The van der Waals surface area contributed by atoms with Gasteiger partial charge in [-0.1, -0.05) is 0 Å². The van der Waals surface area contributed by atoms with Crippen LogP contribution in [0.2, 0.25) is 0 Å². The first-order valence-corrected chi connectivity index (χ1v) is 13.0. The molecule has 21 heteroatoms. The molecule has 9 N–H and O–H groups in total. The summed E-state index contributed by atoms with van der Waals surface area (Å²) >= 11 is 0. The molecule has 206 valence electrons. The summed E-state index contributed by atoms with van der Waals surface area (Å²) < 4.78 is 48.0. The average molecular weight is 566 g/mol. The summed E-state index contributed by atoms with van der Waals surface area (Å²) in [5, 5.41) is 49.7. The fourth-order valence-corrected chi connectivity index (χ4v) is 5.34. The number of aromatic amines is 1. The van der Waals surface area contributed by atoms with E-state index in [1.807, 2.05) is 4.98 Å². The molecule has 36 heavy (non-hydrogen) atoms. The molecule has 0 saturated carbocycles. The van der Waals surface area contributed by atoms with Gasteiger partial charge in [-0.15, -0.1) is 0 Å². The number of aliphatic hydroxyl groups excluding tert-OH is 5. The van der Waals surface area contributed by atoms with E-state index in [-0.39, 0.29) is 0 Å². The topological polar surface area (TPSA) is 297 Å². The SMILES string of the molecule is O=c1ccn([C@@H]2O[C@H](COC3O[C@H](CO)[C@H](O)[C@H](O)[C@H]3O)[C@@H](OP(=O)(O)OP(=O)(O)O)[C@H]2O)c(=O)[nH]1. The Morgan fingerprint density at radius 3 is 2.22 bits per heavy atom. The monoisotopic (exact) mass is 566 g/mol. The third-order valence-corrected chi connectivity index (χ3v) is 7.36. The van der Waals surface area contributed by atoms with Crippen LogP contribution in [0.1, 0.15) is 6.23 Å². The van der Waals surface area contributed by atoms with E-state index in [4.69, 9.17) is 24.0 Å². The van der Waals surface area contributed by atoms with Crippen LogP contribution in [0.5, 0.6) is 0 Å². The quantitative estimate of drug-likeness (QED) is 0.127. The highest BCUT2D eigenvalue weighted by atomic mass is 31.3. The zero-order chi connectivity index (χ0) is 27.0. The van der Waals surface area contributed by atoms with Crippen molar-refractivity contribution < 1.29 is 72.4 Å². The smallest absolute Gasteiger partial charge is 0.394 e. The molecule has 0 aromatic carbocycles. The Kier molecular flexibility index (Phi) is 9.05. The second kappa shape index (κ2) is 11.2. The first-order chi connectivity index (χ1) is 16.6. The molecule has 2 fully saturated rings. The first kappa shape index (κ1) is 29.2. The fourth-order valence-electron chi connectivity index (χ4n) is 3.54. The lowest BCUT2D eigenvalue weighted by atomic mass is 9.99. The van der Waals surface area contributed by atoms with E-state index in [1.54, 1.807) is 0 Å². The van der Waals surface area contributed by atoms with Gasteiger partial charge in [-0.3, -0.25) is 18.9 Å². The molecule has 1 aromatic heterocycles. The Hall–Kier alpha value is -1.38. The van der Waals surface area contributed by atoms with Gasteiger partial charge >= 0.3 is 21.3 Å². The summed E-state index contributed by atoms with van der Waals surface area (Å²) in [4.78, 5) is 52.7. The fraction of sp³-hybridized carbons (Fsp3) is 0.733. The minimum atomic E-state index is -5.57. The number of rotatable bonds is 9. The zero-order valence-electron chi connectivity index (χ0n) is 17.9. The lowest BCUT2D eigenvalue weighted by molar-refractivity contribution is -0.306. The maximum Gasteiger partial charge on any atom is 0.481 e. The number of hydrogen-bond acceptors (Lipinski definition) is 14. The van der Waals surface area contributed by atoms with Crippen LogP contribution in [0.15, 0.2) is 21.9 Å². The number of aromatic nitrogens is 2. The van der Waals surface area contributed by atoms with Crippen LogP contribution in [0.25, 0.3) is 0 Å². The molecule has 0 amide bonds. The highest BCUT2D eigenvalue weighted by Crippen LogP contribution is 2.59.